The molecule has 1 aromatic rings. The van der Waals surface area contributed by atoms with E-state index in [1.165, 1.54) is 45.4 Å². The number of likely N-dealkylation sites (tertiary alicyclic amines) is 1. The van der Waals surface area contributed by atoms with Crippen molar-refractivity contribution in [3.05, 3.63) is 18.3 Å². The standard InChI is InChI=1S/C16H27N5/c17-15-4-5-16(18-14-15)21-12-10-20(11-13-21)9-3-8-19-6-1-2-7-19/h4-5,14H,1-3,6-13,17H2. The largest absolute Gasteiger partial charge is 0.397 e. The Kier molecular flexibility index (Phi) is 4.93. The van der Waals surface area contributed by atoms with Gasteiger partial charge in [0.05, 0.1) is 11.9 Å². The summed E-state index contributed by atoms with van der Waals surface area (Å²) in [6, 6.07) is 3.96. The van der Waals surface area contributed by atoms with E-state index in [9.17, 15) is 0 Å². The Bertz CT molecular complexity index is 419. The Labute approximate surface area is 127 Å². The van der Waals surface area contributed by atoms with Crippen LogP contribution in [0.15, 0.2) is 18.3 Å². The topological polar surface area (TPSA) is 48.6 Å². The molecular formula is C16H27N5. The fourth-order valence-electron chi connectivity index (χ4n) is 3.31. The summed E-state index contributed by atoms with van der Waals surface area (Å²) in [6.07, 6.45) is 5.85. The van der Waals surface area contributed by atoms with Crippen LogP contribution in [0.1, 0.15) is 19.3 Å². The maximum Gasteiger partial charge on any atom is 0.128 e. The fourth-order valence-corrected chi connectivity index (χ4v) is 3.31. The van der Waals surface area contributed by atoms with E-state index in [1.807, 2.05) is 12.1 Å². The van der Waals surface area contributed by atoms with Crippen LogP contribution in [-0.2, 0) is 0 Å². The van der Waals surface area contributed by atoms with Crippen molar-refractivity contribution in [2.75, 3.05) is 63.0 Å². The molecule has 0 atom stereocenters. The van der Waals surface area contributed by atoms with Gasteiger partial charge in [0, 0.05) is 26.2 Å². The van der Waals surface area contributed by atoms with Crippen molar-refractivity contribution in [3.8, 4) is 0 Å². The number of nitrogen functional groups attached to an aromatic ring is 1. The Balaban J connectivity index is 1.37. The van der Waals surface area contributed by atoms with Crippen LogP contribution in [-0.4, -0.2) is 67.1 Å². The molecule has 0 radical (unpaired) electrons. The van der Waals surface area contributed by atoms with Crippen molar-refractivity contribution in [2.24, 2.45) is 0 Å². The monoisotopic (exact) mass is 289 g/mol. The van der Waals surface area contributed by atoms with Gasteiger partial charge in [-0.3, -0.25) is 4.90 Å². The van der Waals surface area contributed by atoms with Crippen molar-refractivity contribution in [1.29, 1.82) is 0 Å². The van der Waals surface area contributed by atoms with Crippen molar-refractivity contribution < 1.29 is 0 Å². The summed E-state index contributed by atoms with van der Waals surface area (Å²) < 4.78 is 0. The second-order valence-electron chi connectivity index (χ2n) is 6.18. The number of pyridine rings is 1. The van der Waals surface area contributed by atoms with E-state index in [2.05, 4.69) is 19.7 Å². The van der Waals surface area contributed by atoms with Crippen LogP contribution in [0, 0.1) is 0 Å². The van der Waals surface area contributed by atoms with Gasteiger partial charge in [-0.15, -0.1) is 0 Å². The molecule has 5 nitrogen and oxygen atoms in total. The highest BCUT2D eigenvalue weighted by Gasteiger charge is 2.18. The lowest BCUT2D eigenvalue weighted by Gasteiger charge is -2.35. The number of rotatable bonds is 5. The molecule has 0 bridgehead atoms. The molecule has 5 heteroatoms. The molecule has 0 amide bonds. The first-order valence-electron chi connectivity index (χ1n) is 8.22. The second kappa shape index (κ2) is 7.09. The van der Waals surface area contributed by atoms with Gasteiger partial charge in [0.25, 0.3) is 0 Å². The van der Waals surface area contributed by atoms with Gasteiger partial charge in [0.2, 0.25) is 0 Å². The molecule has 116 valence electrons. The van der Waals surface area contributed by atoms with Crippen LogP contribution >= 0.6 is 0 Å². The molecule has 2 saturated heterocycles. The molecule has 2 fully saturated rings. The van der Waals surface area contributed by atoms with E-state index >= 15 is 0 Å². The molecule has 3 heterocycles. The third-order valence-electron chi connectivity index (χ3n) is 4.61. The molecule has 0 aromatic carbocycles. The number of anilines is 2. The molecule has 2 N–H and O–H groups in total. The predicted octanol–water partition coefficient (Wildman–Crippen LogP) is 1.27. The summed E-state index contributed by atoms with van der Waals surface area (Å²) in [7, 11) is 0. The van der Waals surface area contributed by atoms with Crippen LogP contribution in [0.2, 0.25) is 0 Å². The molecule has 0 saturated carbocycles. The van der Waals surface area contributed by atoms with Gasteiger partial charge < -0.3 is 15.5 Å². The Hall–Kier alpha value is -1.33. The number of piperazine rings is 1. The van der Waals surface area contributed by atoms with Gasteiger partial charge in [-0.1, -0.05) is 0 Å². The van der Waals surface area contributed by atoms with E-state index in [0.717, 1.165) is 37.7 Å². The van der Waals surface area contributed by atoms with Crippen molar-refractivity contribution in [1.82, 2.24) is 14.8 Å². The Morgan fingerprint density at radius 3 is 2.19 bits per heavy atom. The number of aromatic nitrogens is 1. The molecule has 3 rings (SSSR count). The number of nitrogens with two attached hydrogens (primary N) is 1. The van der Waals surface area contributed by atoms with Gasteiger partial charge in [-0.2, -0.15) is 0 Å². The summed E-state index contributed by atoms with van der Waals surface area (Å²) in [5.41, 5.74) is 6.43. The molecule has 0 unspecified atom stereocenters. The predicted molar refractivity (Wildman–Crippen MR) is 87.6 cm³/mol. The first kappa shape index (κ1) is 14.6. The molecule has 1 aromatic heterocycles. The van der Waals surface area contributed by atoms with Crippen LogP contribution in [0.3, 0.4) is 0 Å². The third-order valence-corrected chi connectivity index (χ3v) is 4.61. The van der Waals surface area contributed by atoms with Crippen molar-refractivity contribution in [2.45, 2.75) is 19.3 Å². The second-order valence-corrected chi connectivity index (χ2v) is 6.18. The maximum atomic E-state index is 5.69. The SMILES string of the molecule is Nc1ccc(N2CCN(CCCN3CCCC3)CC2)nc1. The molecule has 2 aliphatic rings. The average Bonchev–Trinajstić information content (AvgIpc) is 3.02. The first-order chi connectivity index (χ1) is 10.3. The normalized spacial score (nSPS) is 21.0. The Morgan fingerprint density at radius 2 is 1.57 bits per heavy atom. The maximum absolute atomic E-state index is 5.69. The van der Waals surface area contributed by atoms with Gasteiger partial charge in [0.15, 0.2) is 0 Å². The lowest BCUT2D eigenvalue weighted by atomic mass is 10.2. The minimum Gasteiger partial charge on any atom is -0.397 e. The Morgan fingerprint density at radius 1 is 0.905 bits per heavy atom. The lowest BCUT2D eigenvalue weighted by molar-refractivity contribution is 0.234. The van der Waals surface area contributed by atoms with E-state index in [0.29, 0.717) is 0 Å². The van der Waals surface area contributed by atoms with Crippen molar-refractivity contribution in [3.63, 3.8) is 0 Å². The summed E-state index contributed by atoms with van der Waals surface area (Å²) in [5, 5.41) is 0. The number of hydrogen-bond acceptors (Lipinski definition) is 5. The molecule has 0 spiro atoms. The summed E-state index contributed by atoms with van der Waals surface area (Å²) >= 11 is 0. The minimum absolute atomic E-state index is 0.735. The van der Waals surface area contributed by atoms with Gasteiger partial charge in [0.1, 0.15) is 5.82 Å². The van der Waals surface area contributed by atoms with Crippen LogP contribution < -0.4 is 10.6 Å². The van der Waals surface area contributed by atoms with Crippen molar-refractivity contribution >= 4 is 11.5 Å². The molecular weight excluding hydrogens is 262 g/mol. The van der Waals surface area contributed by atoms with E-state index < -0.39 is 0 Å². The summed E-state index contributed by atoms with van der Waals surface area (Å²) in [5.74, 6) is 1.06. The highest BCUT2D eigenvalue weighted by atomic mass is 15.3. The zero-order valence-electron chi connectivity index (χ0n) is 12.9. The van der Waals surface area contributed by atoms with Crippen LogP contribution in [0.4, 0.5) is 11.5 Å². The fraction of sp³-hybridized carbons (Fsp3) is 0.688. The lowest BCUT2D eigenvalue weighted by Crippen LogP contribution is -2.47. The van der Waals surface area contributed by atoms with E-state index in [-0.39, 0.29) is 0 Å². The van der Waals surface area contributed by atoms with Crippen LogP contribution in [0.5, 0.6) is 0 Å². The van der Waals surface area contributed by atoms with Gasteiger partial charge in [-0.05, 0) is 57.6 Å². The van der Waals surface area contributed by atoms with Crippen LogP contribution in [0.25, 0.3) is 0 Å². The highest BCUT2D eigenvalue weighted by molar-refractivity contribution is 5.46. The summed E-state index contributed by atoms with van der Waals surface area (Å²) in [4.78, 5) is 12.0. The molecule has 0 aliphatic carbocycles. The van der Waals surface area contributed by atoms with E-state index in [1.54, 1.807) is 6.20 Å². The first-order valence-corrected chi connectivity index (χ1v) is 8.22. The van der Waals surface area contributed by atoms with E-state index in [4.69, 9.17) is 5.73 Å². The smallest absolute Gasteiger partial charge is 0.128 e. The minimum atomic E-state index is 0.735. The zero-order chi connectivity index (χ0) is 14.5. The summed E-state index contributed by atoms with van der Waals surface area (Å²) in [6.45, 7) is 9.58. The zero-order valence-corrected chi connectivity index (χ0v) is 12.9. The number of nitrogens with zero attached hydrogens (tertiary/aromatic N) is 4. The number of hydrogen-bond donors (Lipinski definition) is 1. The average molecular weight is 289 g/mol. The third kappa shape index (κ3) is 4.08. The quantitative estimate of drug-likeness (QED) is 0.884. The van der Waals surface area contributed by atoms with Gasteiger partial charge >= 0.3 is 0 Å². The molecule has 21 heavy (non-hydrogen) atoms. The molecule has 2 aliphatic heterocycles. The highest BCUT2D eigenvalue weighted by Crippen LogP contribution is 2.15. The van der Waals surface area contributed by atoms with Gasteiger partial charge in [-0.25, -0.2) is 4.98 Å².